The summed E-state index contributed by atoms with van der Waals surface area (Å²) in [5.74, 6) is -0.743. The average Bonchev–Trinajstić information content (AvgIpc) is 2.37. The number of carbonyl (C=O) groups excluding carboxylic acids is 1. The highest BCUT2D eigenvalue weighted by Gasteiger charge is 2.36. The van der Waals surface area contributed by atoms with Crippen molar-refractivity contribution in [1.82, 2.24) is 5.32 Å². The molecular formula is C12H15NO4S. The third kappa shape index (κ3) is 2.88. The minimum Gasteiger partial charge on any atom is -0.468 e. The van der Waals surface area contributed by atoms with Gasteiger partial charge in [0.2, 0.25) is 0 Å². The van der Waals surface area contributed by atoms with Crippen molar-refractivity contribution in [2.45, 2.75) is 12.1 Å². The van der Waals surface area contributed by atoms with Gasteiger partial charge in [0.25, 0.3) is 0 Å². The number of ether oxygens (including phenoxy) is 1. The molecule has 1 saturated heterocycles. The van der Waals surface area contributed by atoms with Crippen molar-refractivity contribution < 1.29 is 17.9 Å². The first-order valence-electron chi connectivity index (χ1n) is 5.61. The smallest absolute Gasteiger partial charge is 0.323 e. The second kappa shape index (κ2) is 5.07. The minimum absolute atomic E-state index is 0.00447. The van der Waals surface area contributed by atoms with Crippen LogP contribution in [0.3, 0.4) is 0 Å². The number of nitrogens with one attached hydrogen (secondary N) is 1. The minimum atomic E-state index is -3.25. The molecule has 1 aromatic rings. The Labute approximate surface area is 106 Å². The summed E-state index contributed by atoms with van der Waals surface area (Å²) in [6, 6.07) is 8.06. The molecule has 0 radical (unpaired) electrons. The molecule has 2 atom stereocenters. The van der Waals surface area contributed by atoms with Crippen LogP contribution in [0.5, 0.6) is 0 Å². The molecule has 0 aliphatic carbocycles. The summed E-state index contributed by atoms with van der Waals surface area (Å²) < 4.78 is 28.2. The molecule has 1 aliphatic rings. The summed E-state index contributed by atoms with van der Waals surface area (Å²) in [4.78, 5) is 11.5. The number of esters is 1. The van der Waals surface area contributed by atoms with Crippen LogP contribution in [-0.2, 0) is 19.4 Å². The largest absolute Gasteiger partial charge is 0.468 e. The van der Waals surface area contributed by atoms with Gasteiger partial charge in [0, 0.05) is 6.04 Å². The molecule has 1 heterocycles. The molecule has 6 heteroatoms. The van der Waals surface area contributed by atoms with Gasteiger partial charge in [-0.05, 0) is 5.56 Å². The highest BCUT2D eigenvalue weighted by molar-refractivity contribution is 7.91. The summed E-state index contributed by atoms with van der Waals surface area (Å²) in [5, 5.41) is 3.02. The summed E-state index contributed by atoms with van der Waals surface area (Å²) in [6.07, 6.45) is 0. The zero-order valence-corrected chi connectivity index (χ0v) is 10.8. The van der Waals surface area contributed by atoms with E-state index >= 15 is 0 Å². The van der Waals surface area contributed by atoms with Gasteiger partial charge >= 0.3 is 5.97 Å². The summed E-state index contributed by atoms with van der Waals surface area (Å²) in [7, 11) is -1.99. The van der Waals surface area contributed by atoms with Crippen LogP contribution in [0, 0.1) is 0 Å². The summed E-state index contributed by atoms with van der Waals surface area (Å²) >= 11 is 0. The van der Waals surface area contributed by atoms with Crippen LogP contribution in [0.2, 0.25) is 0 Å². The Kier molecular flexibility index (Phi) is 3.68. The molecule has 0 aromatic heterocycles. The van der Waals surface area contributed by atoms with E-state index in [0.29, 0.717) is 0 Å². The second-order valence-corrected chi connectivity index (χ2v) is 6.44. The standard InChI is InChI=1S/C12H15NO4S/c1-17-12(14)11-8-18(15,16)7-10(13-11)9-5-3-2-4-6-9/h2-6,10-11,13H,7-8H2,1H3. The third-order valence-electron chi connectivity index (χ3n) is 2.93. The zero-order chi connectivity index (χ0) is 13.2. The van der Waals surface area contributed by atoms with E-state index in [4.69, 9.17) is 0 Å². The number of benzene rings is 1. The lowest BCUT2D eigenvalue weighted by Crippen LogP contribution is -2.51. The van der Waals surface area contributed by atoms with E-state index in [9.17, 15) is 13.2 Å². The third-order valence-corrected chi connectivity index (χ3v) is 4.61. The molecule has 0 saturated carbocycles. The molecule has 2 unspecified atom stereocenters. The molecule has 18 heavy (non-hydrogen) atoms. The van der Waals surface area contributed by atoms with E-state index in [1.807, 2.05) is 30.3 Å². The number of hydrogen-bond donors (Lipinski definition) is 1. The summed E-state index contributed by atoms with van der Waals surface area (Å²) in [6.45, 7) is 0. The zero-order valence-electron chi connectivity index (χ0n) is 10.00. The van der Waals surface area contributed by atoms with Crippen LogP contribution in [0.15, 0.2) is 30.3 Å². The van der Waals surface area contributed by atoms with Crippen molar-refractivity contribution in [3.05, 3.63) is 35.9 Å². The van der Waals surface area contributed by atoms with Crippen LogP contribution in [-0.4, -0.2) is 39.0 Å². The lowest BCUT2D eigenvalue weighted by molar-refractivity contribution is -0.142. The van der Waals surface area contributed by atoms with E-state index in [0.717, 1.165) is 5.56 Å². The van der Waals surface area contributed by atoms with Gasteiger partial charge in [-0.15, -0.1) is 0 Å². The highest BCUT2D eigenvalue weighted by Crippen LogP contribution is 2.21. The van der Waals surface area contributed by atoms with Gasteiger partial charge in [0.05, 0.1) is 18.6 Å². The highest BCUT2D eigenvalue weighted by atomic mass is 32.2. The van der Waals surface area contributed by atoms with E-state index in [-0.39, 0.29) is 17.5 Å². The first-order valence-corrected chi connectivity index (χ1v) is 7.43. The molecule has 1 aliphatic heterocycles. The van der Waals surface area contributed by atoms with Gasteiger partial charge in [-0.25, -0.2) is 8.42 Å². The maximum absolute atomic E-state index is 11.8. The first-order chi connectivity index (χ1) is 8.52. The Morgan fingerprint density at radius 3 is 2.56 bits per heavy atom. The number of hydrogen-bond acceptors (Lipinski definition) is 5. The first kappa shape index (κ1) is 13.0. The number of sulfone groups is 1. The van der Waals surface area contributed by atoms with Crippen molar-refractivity contribution in [3.8, 4) is 0 Å². The molecule has 5 nitrogen and oxygen atoms in total. The molecule has 0 bridgehead atoms. The monoisotopic (exact) mass is 269 g/mol. The molecule has 0 spiro atoms. The fourth-order valence-corrected chi connectivity index (χ4v) is 3.74. The Balaban J connectivity index is 2.25. The average molecular weight is 269 g/mol. The number of methoxy groups -OCH3 is 1. The lowest BCUT2D eigenvalue weighted by atomic mass is 10.1. The molecule has 1 N–H and O–H groups in total. The Morgan fingerprint density at radius 2 is 1.94 bits per heavy atom. The van der Waals surface area contributed by atoms with Crippen LogP contribution in [0.4, 0.5) is 0 Å². The van der Waals surface area contributed by atoms with Gasteiger partial charge in [-0.3, -0.25) is 10.1 Å². The van der Waals surface area contributed by atoms with Crippen LogP contribution in [0.1, 0.15) is 11.6 Å². The van der Waals surface area contributed by atoms with Crippen LogP contribution < -0.4 is 5.32 Å². The Bertz CT molecular complexity index is 526. The predicted molar refractivity (Wildman–Crippen MR) is 66.8 cm³/mol. The van der Waals surface area contributed by atoms with E-state index < -0.39 is 21.8 Å². The molecule has 2 rings (SSSR count). The van der Waals surface area contributed by atoms with Gasteiger partial charge in [-0.2, -0.15) is 0 Å². The van der Waals surface area contributed by atoms with Crippen molar-refractivity contribution in [2.75, 3.05) is 18.6 Å². The molecule has 98 valence electrons. The number of carbonyl (C=O) groups is 1. The second-order valence-electron chi connectivity index (χ2n) is 4.28. The van der Waals surface area contributed by atoms with Gasteiger partial charge < -0.3 is 4.74 Å². The van der Waals surface area contributed by atoms with Crippen LogP contribution >= 0.6 is 0 Å². The Hall–Kier alpha value is -1.40. The summed E-state index contributed by atoms with van der Waals surface area (Å²) in [5.41, 5.74) is 0.856. The lowest BCUT2D eigenvalue weighted by Gasteiger charge is -2.29. The predicted octanol–water partition coefficient (Wildman–Crippen LogP) is 0.287. The molecule has 1 fully saturated rings. The molecule has 1 aromatic carbocycles. The van der Waals surface area contributed by atoms with Crippen molar-refractivity contribution in [3.63, 3.8) is 0 Å². The van der Waals surface area contributed by atoms with Crippen molar-refractivity contribution >= 4 is 15.8 Å². The van der Waals surface area contributed by atoms with E-state index in [1.54, 1.807) is 0 Å². The fraction of sp³-hybridized carbons (Fsp3) is 0.417. The Morgan fingerprint density at radius 1 is 1.28 bits per heavy atom. The fourth-order valence-electron chi connectivity index (χ4n) is 2.07. The van der Waals surface area contributed by atoms with Gasteiger partial charge in [0.1, 0.15) is 6.04 Å². The van der Waals surface area contributed by atoms with Gasteiger partial charge in [0.15, 0.2) is 9.84 Å². The normalized spacial score (nSPS) is 26.5. The quantitative estimate of drug-likeness (QED) is 0.781. The van der Waals surface area contributed by atoms with E-state index in [1.165, 1.54) is 7.11 Å². The molecular weight excluding hydrogens is 254 g/mol. The SMILES string of the molecule is COC(=O)C1CS(=O)(=O)CC(c2ccccc2)N1. The van der Waals surface area contributed by atoms with Crippen LogP contribution in [0.25, 0.3) is 0 Å². The maximum Gasteiger partial charge on any atom is 0.323 e. The molecule has 0 amide bonds. The van der Waals surface area contributed by atoms with Crippen molar-refractivity contribution in [1.29, 1.82) is 0 Å². The maximum atomic E-state index is 11.8. The van der Waals surface area contributed by atoms with E-state index in [2.05, 4.69) is 10.1 Å². The van der Waals surface area contributed by atoms with Gasteiger partial charge in [-0.1, -0.05) is 30.3 Å². The topological polar surface area (TPSA) is 72.5 Å². The van der Waals surface area contributed by atoms with Crippen molar-refractivity contribution in [2.24, 2.45) is 0 Å². The number of rotatable bonds is 2.